The summed E-state index contributed by atoms with van der Waals surface area (Å²) < 4.78 is 12.0. The zero-order chi connectivity index (χ0) is 18.2. The molecule has 0 fully saturated rings. The first-order chi connectivity index (χ1) is 12.1. The first-order valence-electron chi connectivity index (χ1n) is 8.16. The summed E-state index contributed by atoms with van der Waals surface area (Å²) in [6.45, 7) is 7.64. The Hall–Kier alpha value is -1.57. The van der Waals surface area contributed by atoms with E-state index in [-0.39, 0.29) is 5.91 Å². The van der Waals surface area contributed by atoms with Gasteiger partial charge in [-0.15, -0.1) is 11.3 Å². The molecule has 2 rings (SSSR count). The Bertz CT molecular complexity index is 701. The van der Waals surface area contributed by atoms with E-state index in [0.29, 0.717) is 28.7 Å². The lowest BCUT2D eigenvalue weighted by Crippen LogP contribution is -2.28. The molecule has 1 amide bonds. The van der Waals surface area contributed by atoms with Gasteiger partial charge < -0.3 is 19.7 Å². The van der Waals surface area contributed by atoms with Gasteiger partial charge in [-0.05, 0) is 52.6 Å². The van der Waals surface area contributed by atoms with E-state index in [4.69, 9.17) is 9.47 Å². The Kier molecular flexibility index (Phi) is 7.74. The Morgan fingerprint density at radius 1 is 1.24 bits per heavy atom. The molecule has 5 nitrogen and oxygen atoms in total. The third-order valence-electron chi connectivity index (χ3n) is 3.80. The average molecular weight is 427 g/mol. The Balaban J connectivity index is 2.05. The van der Waals surface area contributed by atoms with Crippen molar-refractivity contribution in [3.8, 4) is 11.5 Å². The molecule has 0 aliphatic carbocycles. The van der Waals surface area contributed by atoms with Crippen LogP contribution in [-0.2, 0) is 0 Å². The van der Waals surface area contributed by atoms with Crippen molar-refractivity contribution in [1.29, 1.82) is 0 Å². The quantitative estimate of drug-likeness (QED) is 0.641. The molecular formula is C18H23BrN2O3S. The predicted octanol–water partition coefficient (Wildman–Crippen LogP) is 4.49. The Morgan fingerprint density at radius 2 is 2.00 bits per heavy atom. The lowest BCUT2D eigenvalue weighted by atomic mass is 10.2. The van der Waals surface area contributed by atoms with E-state index in [1.54, 1.807) is 25.3 Å². The van der Waals surface area contributed by atoms with Crippen molar-refractivity contribution in [2.75, 3.05) is 38.7 Å². The van der Waals surface area contributed by atoms with E-state index in [0.717, 1.165) is 24.1 Å². The summed E-state index contributed by atoms with van der Waals surface area (Å²) in [4.78, 5) is 15.3. The molecule has 0 saturated carbocycles. The van der Waals surface area contributed by atoms with Gasteiger partial charge in [-0.25, -0.2) is 0 Å². The van der Waals surface area contributed by atoms with Gasteiger partial charge in [0.2, 0.25) is 0 Å². The molecule has 0 bridgehead atoms. The van der Waals surface area contributed by atoms with Crippen LogP contribution in [0.1, 0.15) is 23.5 Å². The first kappa shape index (κ1) is 19.8. The first-order valence-corrected chi connectivity index (χ1v) is 9.83. The van der Waals surface area contributed by atoms with Crippen molar-refractivity contribution in [3.63, 3.8) is 0 Å². The van der Waals surface area contributed by atoms with Gasteiger partial charge in [0.1, 0.15) is 11.5 Å². The highest BCUT2D eigenvalue weighted by atomic mass is 79.9. The summed E-state index contributed by atoms with van der Waals surface area (Å²) in [7, 11) is 1.60. The summed E-state index contributed by atoms with van der Waals surface area (Å²) in [5, 5.41) is 4.76. The lowest BCUT2D eigenvalue weighted by molar-refractivity contribution is 0.103. The van der Waals surface area contributed by atoms with Gasteiger partial charge in [-0.1, -0.05) is 13.8 Å². The number of benzene rings is 1. The minimum atomic E-state index is -0.152. The second kappa shape index (κ2) is 9.79. The monoisotopic (exact) mass is 426 g/mol. The van der Waals surface area contributed by atoms with E-state index in [2.05, 4.69) is 40.0 Å². The number of carbonyl (C=O) groups is 1. The minimum Gasteiger partial charge on any atom is -0.493 e. The van der Waals surface area contributed by atoms with Gasteiger partial charge in [0, 0.05) is 22.8 Å². The van der Waals surface area contributed by atoms with Crippen LogP contribution in [0.25, 0.3) is 0 Å². The maximum absolute atomic E-state index is 12.3. The molecule has 7 heteroatoms. The third-order valence-corrected chi connectivity index (χ3v) is 5.64. The van der Waals surface area contributed by atoms with Crippen molar-refractivity contribution in [3.05, 3.63) is 39.0 Å². The second-order valence-electron chi connectivity index (χ2n) is 5.29. The summed E-state index contributed by atoms with van der Waals surface area (Å²) in [5.74, 6) is 1.12. The highest BCUT2D eigenvalue weighted by molar-refractivity contribution is 9.10. The van der Waals surface area contributed by atoms with Crippen molar-refractivity contribution < 1.29 is 14.3 Å². The molecule has 0 spiro atoms. The fourth-order valence-corrected chi connectivity index (χ4v) is 3.78. The van der Waals surface area contributed by atoms with Crippen LogP contribution >= 0.6 is 27.3 Å². The van der Waals surface area contributed by atoms with Gasteiger partial charge >= 0.3 is 0 Å². The zero-order valence-corrected chi connectivity index (χ0v) is 17.1. The number of rotatable bonds is 9. The minimum absolute atomic E-state index is 0.152. The van der Waals surface area contributed by atoms with E-state index >= 15 is 0 Å². The van der Waals surface area contributed by atoms with Crippen molar-refractivity contribution in [2.45, 2.75) is 13.8 Å². The van der Waals surface area contributed by atoms with Crippen LogP contribution in [0.3, 0.4) is 0 Å². The van der Waals surface area contributed by atoms with Crippen LogP contribution in [0.15, 0.2) is 34.1 Å². The number of amides is 1. The number of hydrogen-bond donors (Lipinski definition) is 1. The molecule has 0 unspecified atom stereocenters. The van der Waals surface area contributed by atoms with Crippen molar-refractivity contribution in [1.82, 2.24) is 4.90 Å². The van der Waals surface area contributed by atoms with Crippen LogP contribution in [0, 0.1) is 0 Å². The fraction of sp³-hybridized carbons (Fsp3) is 0.389. The van der Waals surface area contributed by atoms with Gasteiger partial charge in [0.25, 0.3) is 5.91 Å². The molecule has 1 aromatic heterocycles. The van der Waals surface area contributed by atoms with Gasteiger partial charge in [0.15, 0.2) is 11.5 Å². The molecule has 0 saturated heterocycles. The maximum Gasteiger partial charge on any atom is 0.266 e. The molecule has 0 atom stereocenters. The summed E-state index contributed by atoms with van der Waals surface area (Å²) in [6, 6.07) is 7.25. The van der Waals surface area contributed by atoms with Crippen LogP contribution in [0.2, 0.25) is 0 Å². The van der Waals surface area contributed by atoms with E-state index in [9.17, 15) is 4.79 Å². The highest BCUT2D eigenvalue weighted by Gasteiger charge is 2.13. The Morgan fingerprint density at radius 3 is 2.60 bits per heavy atom. The topological polar surface area (TPSA) is 50.8 Å². The summed E-state index contributed by atoms with van der Waals surface area (Å²) in [6.07, 6.45) is 0. The molecule has 1 heterocycles. The smallest absolute Gasteiger partial charge is 0.266 e. The predicted molar refractivity (Wildman–Crippen MR) is 106 cm³/mol. The molecule has 25 heavy (non-hydrogen) atoms. The van der Waals surface area contributed by atoms with Crippen LogP contribution in [0.5, 0.6) is 11.5 Å². The number of nitrogens with zero attached hydrogens (tertiary/aromatic N) is 1. The molecule has 0 aliphatic rings. The number of halogens is 1. The van der Waals surface area contributed by atoms with Crippen LogP contribution in [0.4, 0.5) is 5.69 Å². The van der Waals surface area contributed by atoms with Gasteiger partial charge in [-0.2, -0.15) is 0 Å². The number of carbonyl (C=O) groups excluding carboxylic acids is 1. The number of thiophene rings is 1. The maximum atomic E-state index is 12.3. The molecule has 1 N–H and O–H groups in total. The largest absolute Gasteiger partial charge is 0.493 e. The lowest BCUT2D eigenvalue weighted by Gasteiger charge is -2.19. The van der Waals surface area contributed by atoms with E-state index < -0.39 is 0 Å². The standard InChI is InChI=1S/C18H23BrN2O3S/c1-4-21(5-2)9-10-24-16-12-13(6-7-15(16)23-3)20-18(22)17-14(19)8-11-25-17/h6-8,11-12H,4-5,9-10H2,1-3H3,(H,20,22). The molecule has 136 valence electrons. The highest BCUT2D eigenvalue weighted by Crippen LogP contribution is 2.31. The summed E-state index contributed by atoms with van der Waals surface area (Å²) in [5.41, 5.74) is 0.670. The Labute approximate surface area is 161 Å². The third kappa shape index (κ3) is 5.45. The van der Waals surface area contributed by atoms with Gasteiger partial charge in [-0.3, -0.25) is 4.79 Å². The molecule has 2 aromatic rings. The SMILES string of the molecule is CCN(CC)CCOc1cc(NC(=O)c2sccc2Br)ccc1OC. The van der Waals surface area contributed by atoms with E-state index in [1.807, 2.05) is 11.4 Å². The molecular weight excluding hydrogens is 404 g/mol. The summed E-state index contributed by atoms with van der Waals surface area (Å²) >= 11 is 4.77. The zero-order valence-electron chi connectivity index (χ0n) is 14.7. The number of anilines is 1. The van der Waals surface area contributed by atoms with Crippen molar-refractivity contribution in [2.24, 2.45) is 0 Å². The molecule has 0 aliphatic heterocycles. The molecule has 0 radical (unpaired) electrons. The second-order valence-corrected chi connectivity index (χ2v) is 7.06. The normalized spacial score (nSPS) is 10.8. The van der Waals surface area contributed by atoms with E-state index in [1.165, 1.54) is 11.3 Å². The fourth-order valence-electron chi connectivity index (χ4n) is 2.34. The number of ether oxygens (including phenoxy) is 2. The van der Waals surface area contributed by atoms with Crippen LogP contribution in [-0.4, -0.2) is 44.2 Å². The molecule has 1 aromatic carbocycles. The number of nitrogens with one attached hydrogen (secondary N) is 1. The van der Waals surface area contributed by atoms with Crippen LogP contribution < -0.4 is 14.8 Å². The van der Waals surface area contributed by atoms with Gasteiger partial charge in [0.05, 0.1) is 7.11 Å². The number of hydrogen-bond acceptors (Lipinski definition) is 5. The number of methoxy groups -OCH3 is 1. The number of likely N-dealkylation sites (N-methyl/N-ethyl adjacent to an activating group) is 1. The average Bonchev–Trinajstić information content (AvgIpc) is 3.05. The van der Waals surface area contributed by atoms with Crippen molar-refractivity contribution >= 4 is 38.9 Å².